The average molecular weight is 256 g/mol. The van der Waals surface area contributed by atoms with Crippen LogP contribution in [0.25, 0.3) is 0 Å². The Morgan fingerprint density at radius 2 is 2.00 bits per heavy atom. The van der Waals surface area contributed by atoms with E-state index in [2.05, 4.69) is 51.8 Å². The standard InChI is InChI=1S/C15H32N2O/c1-13(2)9-16-10-14(3,4)11-17-7-8-18-12-15(17,5)6/h13,16H,7-12H2,1-6H3. The third kappa shape index (κ3) is 5.25. The van der Waals surface area contributed by atoms with Gasteiger partial charge in [-0.15, -0.1) is 0 Å². The molecule has 0 bridgehead atoms. The van der Waals surface area contributed by atoms with Crippen molar-refractivity contribution in [3.63, 3.8) is 0 Å². The number of hydrogen-bond donors (Lipinski definition) is 1. The first-order chi connectivity index (χ1) is 8.23. The van der Waals surface area contributed by atoms with Gasteiger partial charge in [-0.25, -0.2) is 0 Å². The molecule has 1 aliphatic heterocycles. The second-order valence-electron chi connectivity index (χ2n) is 7.48. The average Bonchev–Trinajstić information content (AvgIpc) is 2.20. The molecule has 108 valence electrons. The zero-order valence-corrected chi connectivity index (χ0v) is 13.2. The molecule has 18 heavy (non-hydrogen) atoms. The second-order valence-corrected chi connectivity index (χ2v) is 7.48. The van der Waals surface area contributed by atoms with E-state index in [0.29, 0.717) is 5.41 Å². The van der Waals surface area contributed by atoms with E-state index >= 15 is 0 Å². The first-order valence-electron chi connectivity index (χ1n) is 7.26. The van der Waals surface area contributed by atoms with Crippen LogP contribution in [0.5, 0.6) is 0 Å². The fraction of sp³-hybridized carbons (Fsp3) is 1.00. The molecule has 1 N–H and O–H groups in total. The predicted octanol–water partition coefficient (Wildman–Crippen LogP) is 2.37. The first kappa shape index (κ1) is 15.9. The van der Waals surface area contributed by atoms with E-state index in [-0.39, 0.29) is 5.54 Å². The highest BCUT2D eigenvalue weighted by Gasteiger charge is 2.34. The van der Waals surface area contributed by atoms with E-state index in [1.54, 1.807) is 0 Å². The van der Waals surface area contributed by atoms with Crippen molar-refractivity contribution in [2.75, 3.05) is 39.4 Å². The van der Waals surface area contributed by atoms with Crippen LogP contribution in [-0.4, -0.2) is 49.8 Å². The molecule has 0 aromatic rings. The quantitative estimate of drug-likeness (QED) is 0.789. The van der Waals surface area contributed by atoms with Crippen LogP contribution in [0.3, 0.4) is 0 Å². The maximum atomic E-state index is 5.58. The van der Waals surface area contributed by atoms with Crippen LogP contribution in [0.2, 0.25) is 0 Å². The van der Waals surface area contributed by atoms with Gasteiger partial charge in [-0.3, -0.25) is 4.90 Å². The van der Waals surface area contributed by atoms with Crippen molar-refractivity contribution in [3.05, 3.63) is 0 Å². The van der Waals surface area contributed by atoms with E-state index < -0.39 is 0 Å². The molecule has 1 aliphatic rings. The van der Waals surface area contributed by atoms with E-state index in [9.17, 15) is 0 Å². The zero-order valence-electron chi connectivity index (χ0n) is 13.2. The number of ether oxygens (including phenoxy) is 1. The lowest BCUT2D eigenvalue weighted by molar-refractivity contribution is -0.0644. The lowest BCUT2D eigenvalue weighted by Crippen LogP contribution is -2.56. The molecule has 0 unspecified atom stereocenters. The van der Waals surface area contributed by atoms with Gasteiger partial charge in [0.2, 0.25) is 0 Å². The van der Waals surface area contributed by atoms with Gasteiger partial charge in [0, 0.05) is 25.2 Å². The minimum Gasteiger partial charge on any atom is -0.378 e. The van der Waals surface area contributed by atoms with E-state index in [4.69, 9.17) is 4.74 Å². The predicted molar refractivity (Wildman–Crippen MR) is 78.0 cm³/mol. The molecular formula is C15H32N2O. The maximum Gasteiger partial charge on any atom is 0.0645 e. The third-order valence-corrected chi connectivity index (χ3v) is 3.59. The fourth-order valence-electron chi connectivity index (χ4n) is 2.46. The lowest BCUT2D eigenvalue weighted by Gasteiger charge is -2.45. The molecule has 1 heterocycles. The van der Waals surface area contributed by atoms with Gasteiger partial charge in [0.25, 0.3) is 0 Å². The third-order valence-electron chi connectivity index (χ3n) is 3.59. The van der Waals surface area contributed by atoms with Gasteiger partial charge in [-0.05, 0) is 31.7 Å². The van der Waals surface area contributed by atoms with Crippen LogP contribution in [0.15, 0.2) is 0 Å². The Morgan fingerprint density at radius 3 is 2.56 bits per heavy atom. The molecule has 3 heteroatoms. The summed E-state index contributed by atoms with van der Waals surface area (Å²) in [5.74, 6) is 0.723. The normalized spacial score (nSPS) is 21.5. The zero-order chi connectivity index (χ0) is 13.8. The summed E-state index contributed by atoms with van der Waals surface area (Å²) in [6.07, 6.45) is 0. The van der Waals surface area contributed by atoms with Gasteiger partial charge >= 0.3 is 0 Å². The van der Waals surface area contributed by atoms with Crippen LogP contribution in [0.4, 0.5) is 0 Å². The smallest absolute Gasteiger partial charge is 0.0645 e. The molecule has 0 amide bonds. The fourth-order valence-corrected chi connectivity index (χ4v) is 2.46. The van der Waals surface area contributed by atoms with E-state index in [1.807, 2.05) is 0 Å². The Kier molecular flexibility index (Phi) is 5.63. The van der Waals surface area contributed by atoms with Crippen molar-refractivity contribution in [2.24, 2.45) is 11.3 Å². The second kappa shape index (κ2) is 6.36. The summed E-state index contributed by atoms with van der Waals surface area (Å²) in [4.78, 5) is 2.58. The van der Waals surface area contributed by atoms with Crippen molar-refractivity contribution in [2.45, 2.75) is 47.1 Å². The molecule has 3 nitrogen and oxygen atoms in total. The van der Waals surface area contributed by atoms with Gasteiger partial charge in [-0.2, -0.15) is 0 Å². The van der Waals surface area contributed by atoms with Crippen molar-refractivity contribution in [1.29, 1.82) is 0 Å². The van der Waals surface area contributed by atoms with Gasteiger partial charge in [0.15, 0.2) is 0 Å². The van der Waals surface area contributed by atoms with Crippen molar-refractivity contribution in [3.8, 4) is 0 Å². The van der Waals surface area contributed by atoms with Crippen molar-refractivity contribution in [1.82, 2.24) is 10.2 Å². The molecule has 0 spiro atoms. The highest BCUT2D eigenvalue weighted by molar-refractivity contribution is 4.88. The largest absolute Gasteiger partial charge is 0.378 e. The summed E-state index contributed by atoms with van der Waals surface area (Å²) in [6.45, 7) is 19.9. The molecule has 0 aliphatic carbocycles. The minimum atomic E-state index is 0.174. The van der Waals surface area contributed by atoms with Crippen LogP contribution >= 0.6 is 0 Å². The SMILES string of the molecule is CC(C)CNCC(C)(C)CN1CCOCC1(C)C. The van der Waals surface area contributed by atoms with Gasteiger partial charge < -0.3 is 10.1 Å². The van der Waals surface area contributed by atoms with Crippen molar-refractivity contribution < 1.29 is 4.74 Å². The van der Waals surface area contributed by atoms with E-state index in [0.717, 1.165) is 45.3 Å². The molecule has 0 aromatic carbocycles. The highest BCUT2D eigenvalue weighted by atomic mass is 16.5. The maximum absolute atomic E-state index is 5.58. The van der Waals surface area contributed by atoms with Gasteiger partial charge in [-0.1, -0.05) is 27.7 Å². The summed E-state index contributed by atoms with van der Waals surface area (Å²) in [5, 5.41) is 3.58. The lowest BCUT2D eigenvalue weighted by atomic mass is 9.89. The monoisotopic (exact) mass is 256 g/mol. The molecule has 0 atom stereocenters. The topological polar surface area (TPSA) is 24.5 Å². The minimum absolute atomic E-state index is 0.174. The summed E-state index contributed by atoms with van der Waals surface area (Å²) < 4.78 is 5.58. The first-order valence-corrected chi connectivity index (χ1v) is 7.26. The molecule has 0 saturated carbocycles. The highest BCUT2D eigenvalue weighted by Crippen LogP contribution is 2.25. The molecule has 1 fully saturated rings. The number of nitrogens with zero attached hydrogens (tertiary/aromatic N) is 1. The number of rotatable bonds is 6. The van der Waals surface area contributed by atoms with Gasteiger partial charge in [0.1, 0.15) is 0 Å². The van der Waals surface area contributed by atoms with Crippen LogP contribution in [-0.2, 0) is 4.74 Å². The Labute approximate surface area is 113 Å². The molecule has 1 saturated heterocycles. The van der Waals surface area contributed by atoms with Gasteiger partial charge in [0.05, 0.1) is 13.2 Å². The molecular weight excluding hydrogens is 224 g/mol. The Bertz CT molecular complexity index is 249. The van der Waals surface area contributed by atoms with Crippen LogP contribution in [0, 0.1) is 11.3 Å². The summed E-state index contributed by atoms with van der Waals surface area (Å²) in [7, 11) is 0. The summed E-state index contributed by atoms with van der Waals surface area (Å²) in [6, 6.07) is 0. The van der Waals surface area contributed by atoms with E-state index in [1.165, 1.54) is 0 Å². The number of morpholine rings is 1. The van der Waals surface area contributed by atoms with Crippen LogP contribution < -0.4 is 5.32 Å². The Hall–Kier alpha value is -0.120. The van der Waals surface area contributed by atoms with Crippen LogP contribution in [0.1, 0.15) is 41.5 Å². The molecule has 0 aromatic heterocycles. The molecule has 0 radical (unpaired) electrons. The summed E-state index contributed by atoms with van der Waals surface area (Å²) >= 11 is 0. The molecule has 1 rings (SSSR count). The van der Waals surface area contributed by atoms with Crippen molar-refractivity contribution >= 4 is 0 Å². The summed E-state index contributed by atoms with van der Waals surface area (Å²) in [5.41, 5.74) is 0.483. The Balaban J connectivity index is 2.43. The number of hydrogen-bond acceptors (Lipinski definition) is 3. The number of nitrogens with one attached hydrogen (secondary N) is 1. The Morgan fingerprint density at radius 1 is 1.33 bits per heavy atom.